The zero-order valence-electron chi connectivity index (χ0n) is 41.3. The van der Waals surface area contributed by atoms with E-state index in [1.165, 1.54) is 83.0 Å². The van der Waals surface area contributed by atoms with Crippen molar-refractivity contribution in [2.24, 2.45) is 0 Å². The van der Waals surface area contributed by atoms with Crippen molar-refractivity contribution in [1.29, 1.82) is 0 Å². The minimum atomic E-state index is -0.522. The van der Waals surface area contributed by atoms with Gasteiger partial charge in [-0.15, -0.1) is 0 Å². The summed E-state index contributed by atoms with van der Waals surface area (Å²) in [5, 5.41) is 2.44. The molecule has 0 saturated carbocycles. The fourth-order valence-electron chi connectivity index (χ4n) is 12.1. The molecule has 75 heavy (non-hydrogen) atoms. The number of hydrogen-bond donors (Lipinski definition) is 0. The minimum absolute atomic E-state index is 0.522. The lowest BCUT2D eigenvalue weighted by Crippen LogP contribution is -2.28. The van der Waals surface area contributed by atoms with E-state index in [9.17, 15) is 0 Å². The van der Waals surface area contributed by atoms with Crippen molar-refractivity contribution in [2.45, 2.75) is 5.41 Å². The molecule has 1 aliphatic carbocycles. The van der Waals surface area contributed by atoms with E-state index in [-0.39, 0.29) is 0 Å². The number of anilines is 3. The fraction of sp³-hybridized carbons (Fsp3) is 0.0137. The lowest BCUT2D eigenvalue weighted by Gasteiger charge is -2.35. The Bertz CT molecular complexity index is 4120. The Labute approximate surface area is 438 Å². The van der Waals surface area contributed by atoms with Crippen molar-refractivity contribution < 1.29 is 0 Å². The van der Waals surface area contributed by atoms with Crippen LogP contribution in [0.25, 0.3) is 83.1 Å². The molecule has 0 aliphatic heterocycles. The summed E-state index contributed by atoms with van der Waals surface area (Å²) in [6, 6.07) is 111. The van der Waals surface area contributed by atoms with Crippen LogP contribution in [-0.4, -0.2) is 4.57 Å². The summed E-state index contributed by atoms with van der Waals surface area (Å²) in [6.45, 7) is 0. The standard InChI is InChI=1S/C73H50N2/c1-6-23-51(24-7-1)56-46-57(52-25-8-2-9-26-52)48-62(47-56)75-71-40-21-18-37-66(71)67-49-54(41-44-72(67)75)53-27-22-28-55(45-53)63-35-17-20-39-70(63)74(60-33-14-5-15-34-60)61-42-43-65-64-36-16-19-38-68(64)73(69(65)50-61,58-29-10-3-11-30-58)59-31-12-4-13-32-59/h1-50H. The summed E-state index contributed by atoms with van der Waals surface area (Å²) in [5.41, 5.74) is 23.2. The Morgan fingerprint density at radius 1 is 0.267 bits per heavy atom. The van der Waals surface area contributed by atoms with Crippen LogP contribution in [-0.2, 0) is 5.41 Å². The van der Waals surface area contributed by atoms with Crippen LogP contribution in [0, 0.1) is 0 Å². The second-order valence-electron chi connectivity index (χ2n) is 19.6. The predicted octanol–water partition coefficient (Wildman–Crippen LogP) is 19.3. The highest BCUT2D eigenvalue weighted by Crippen LogP contribution is 2.57. The van der Waals surface area contributed by atoms with Crippen molar-refractivity contribution in [3.05, 3.63) is 326 Å². The van der Waals surface area contributed by atoms with Gasteiger partial charge in [-0.3, -0.25) is 0 Å². The van der Waals surface area contributed by atoms with Gasteiger partial charge in [-0.2, -0.15) is 0 Å². The van der Waals surface area contributed by atoms with Crippen molar-refractivity contribution in [1.82, 2.24) is 4.57 Å². The van der Waals surface area contributed by atoms with Crippen LogP contribution in [0.4, 0.5) is 17.1 Å². The van der Waals surface area contributed by atoms with Crippen LogP contribution < -0.4 is 4.90 Å². The largest absolute Gasteiger partial charge is 0.310 e. The SMILES string of the molecule is c1ccc(-c2cc(-c3ccccc3)cc(-n3c4ccccc4c4cc(-c5cccc(-c6ccccc6N(c6ccccc6)c6ccc7c(c6)C(c6ccccc6)(c6ccccc6)c6ccccc6-7)c5)ccc43)c2)cc1. The Morgan fingerprint density at radius 3 is 1.47 bits per heavy atom. The number of para-hydroxylation sites is 3. The monoisotopic (exact) mass is 954 g/mol. The quantitative estimate of drug-likeness (QED) is 0.133. The maximum atomic E-state index is 2.46. The Hall–Kier alpha value is -9.76. The molecule has 0 radical (unpaired) electrons. The molecule has 12 aromatic carbocycles. The maximum Gasteiger partial charge on any atom is 0.0714 e. The van der Waals surface area contributed by atoms with E-state index in [0.29, 0.717) is 0 Å². The van der Waals surface area contributed by atoms with E-state index in [1.54, 1.807) is 0 Å². The van der Waals surface area contributed by atoms with Gasteiger partial charge in [-0.1, -0.05) is 231 Å². The third kappa shape index (κ3) is 7.41. The molecule has 1 aliphatic rings. The molecule has 0 N–H and O–H groups in total. The van der Waals surface area contributed by atoms with E-state index in [4.69, 9.17) is 0 Å². The minimum Gasteiger partial charge on any atom is -0.310 e. The lowest BCUT2D eigenvalue weighted by atomic mass is 9.67. The van der Waals surface area contributed by atoms with Gasteiger partial charge in [0.2, 0.25) is 0 Å². The van der Waals surface area contributed by atoms with Crippen molar-refractivity contribution >= 4 is 38.9 Å². The second kappa shape index (κ2) is 18.4. The molecular formula is C73H50N2. The van der Waals surface area contributed by atoms with Gasteiger partial charge in [0.05, 0.1) is 22.1 Å². The number of nitrogens with zero attached hydrogens (tertiary/aromatic N) is 2. The van der Waals surface area contributed by atoms with Gasteiger partial charge >= 0.3 is 0 Å². The number of hydrogen-bond acceptors (Lipinski definition) is 1. The van der Waals surface area contributed by atoms with Gasteiger partial charge in [0.1, 0.15) is 0 Å². The van der Waals surface area contributed by atoms with Gasteiger partial charge in [0.15, 0.2) is 0 Å². The maximum absolute atomic E-state index is 2.46. The molecule has 0 spiro atoms. The van der Waals surface area contributed by atoms with Gasteiger partial charge in [-0.25, -0.2) is 0 Å². The molecule has 1 heterocycles. The average molecular weight is 955 g/mol. The summed E-state index contributed by atoms with van der Waals surface area (Å²) in [4.78, 5) is 2.45. The molecule has 0 atom stereocenters. The summed E-state index contributed by atoms with van der Waals surface area (Å²) in [6.07, 6.45) is 0. The number of rotatable bonds is 10. The first-order chi connectivity index (χ1) is 37.2. The fourth-order valence-corrected chi connectivity index (χ4v) is 12.1. The van der Waals surface area contributed by atoms with E-state index < -0.39 is 5.41 Å². The zero-order chi connectivity index (χ0) is 49.7. The lowest BCUT2D eigenvalue weighted by molar-refractivity contribution is 0.768. The highest BCUT2D eigenvalue weighted by molar-refractivity contribution is 6.11. The van der Waals surface area contributed by atoms with Gasteiger partial charge in [-0.05, 0) is 145 Å². The Balaban J connectivity index is 0.902. The molecule has 0 fully saturated rings. The molecule has 2 heteroatoms. The second-order valence-corrected chi connectivity index (χ2v) is 19.6. The van der Waals surface area contributed by atoms with Crippen LogP contribution in [0.5, 0.6) is 0 Å². The third-order valence-corrected chi connectivity index (χ3v) is 15.4. The summed E-state index contributed by atoms with van der Waals surface area (Å²) in [5.74, 6) is 0. The topological polar surface area (TPSA) is 8.17 Å². The van der Waals surface area contributed by atoms with Crippen LogP contribution in [0.1, 0.15) is 22.3 Å². The molecule has 0 bridgehead atoms. The van der Waals surface area contributed by atoms with Gasteiger partial charge in [0.25, 0.3) is 0 Å². The van der Waals surface area contributed by atoms with E-state index >= 15 is 0 Å². The van der Waals surface area contributed by atoms with E-state index in [1.807, 2.05) is 0 Å². The van der Waals surface area contributed by atoms with Gasteiger partial charge < -0.3 is 9.47 Å². The van der Waals surface area contributed by atoms with Crippen molar-refractivity contribution in [3.63, 3.8) is 0 Å². The molecule has 0 unspecified atom stereocenters. The number of aromatic nitrogens is 1. The first-order valence-corrected chi connectivity index (χ1v) is 25.9. The van der Waals surface area contributed by atoms with Crippen LogP contribution >= 0.6 is 0 Å². The molecular weight excluding hydrogens is 905 g/mol. The summed E-state index contributed by atoms with van der Waals surface area (Å²) >= 11 is 0. The summed E-state index contributed by atoms with van der Waals surface area (Å²) in [7, 11) is 0. The average Bonchev–Trinajstić information content (AvgIpc) is 4.00. The zero-order valence-corrected chi connectivity index (χ0v) is 41.3. The highest BCUT2D eigenvalue weighted by atomic mass is 15.1. The number of fused-ring (bicyclic) bond motifs is 6. The van der Waals surface area contributed by atoms with Crippen molar-refractivity contribution in [2.75, 3.05) is 4.90 Å². The molecule has 0 amide bonds. The first-order valence-electron chi connectivity index (χ1n) is 25.9. The molecule has 2 nitrogen and oxygen atoms in total. The molecule has 13 aromatic rings. The molecule has 14 rings (SSSR count). The highest BCUT2D eigenvalue weighted by Gasteiger charge is 2.46. The van der Waals surface area contributed by atoms with Crippen LogP contribution in [0.2, 0.25) is 0 Å². The summed E-state index contributed by atoms with van der Waals surface area (Å²) < 4.78 is 2.44. The molecule has 0 saturated heterocycles. The number of benzene rings is 12. The normalized spacial score (nSPS) is 12.4. The Kier molecular flexibility index (Phi) is 10.8. The first kappa shape index (κ1) is 44.0. The smallest absolute Gasteiger partial charge is 0.0714 e. The molecule has 1 aromatic heterocycles. The predicted molar refractivity (Wildman–Crippen MR) is 315 cm³/mol. The third-order valence-electron chi connectivity index (χ3n) is 15.4. The molecule has 352 valence electrons. The van der Waals surface area contributed by atoms with E-state index in [0.717, 1.165) is 39.4 Å². The Morgan fingerprint density at radius 2 is 0.773 bits per heavy atom. The van der Waals surface area contributed by atoms with E-state index in [2.05, 4.69) is 313 Å². The van der Waals surface area contributed by atoms with Gasteiger partial charge in [0, 0.05) is 33.4 Å². The van der Waals surface area contributed by atoms with Crippen LogP contribution in [0.3, 0.4) is 0 Å². The van der Waals surface area contributed by atoms with Crippen molar-refractivity contribution in [3.8, 4) is 61.3 Å². The van der Waals surface area contributed by atoms with Crippen LogP contribution in [0.15, 0.2) is 303 Å².